The van der Waals surface area contributed by atoms with E-state index in [2.05, 4.69) is 10.1 Å². The van der Waals surface area contributed by atoms with Gasteiger partial charge in [0.05, 0.1) is 30.6 Å². The molecule has 25 heavy (non-hydrogen) atoms. The van der Waals surface area contributed by atoms with E-state index in [-0.39, 0.29) is 18.4 Å². The minimum absolute atomic E-state index is 0.0637. The summed E-state index contributed by atoms with van der Waals surface area (Å²) in [6.07, 6.45) is 7.59. The Morgan fingerprint density at radius 2 is 2.32 bits per heavy atom. The van der Waals surface area contributed by atoms with Crippen molar-refractivity contribution in [3.05, 3.63) is 47.8 Å². The molecule has 130 valence electrons. The van der Waals surface area contributed by atoms with Crippen LogP contribution >= 0.6 is 0 Å². The van der Waals surface area contributed by atoms with E-state index >= 15 is 0 Å². The molecule has 0 unspecified atom stereocenters. The van der Waals surface area contributed by atoms with Crippen LogP contribution in [-0.2, 0) is 18.3 Å². The molecule has 1 atom stereocenters. The van der Waals surface area contributed by atoms with Crippen LogP contribution in [0.15, 0.2) is 39.6 Å². The van der Waals surface area contributed by atoms with Crippen molar-refractivity contribution < 1.29 is 13.6 Å². The molecule has 7 nitrogen and oxygen atoms in total. The number of hydrogen-bond acceptors (Lipinski definition) is 5. The number of carbonyl (C=O) groups is 1. The number of nitrogens with zero attached hydrogens (tertiary/aromatic N) is 4. The molecule has 0 spiro atoms. The lowest BCUT2D eigenvalue weighted by molar-refractivity contribution is -0.131. The van der Waals surface area contributed by atoms with E-state index in [1.807, 2.05) is 31.3 Å². The van der Waals surface area contributed by atoms with Gasteiger partial charge in [-0.2, -0.15) is 5.10 Å². The van der Waals surface area contributed by atoms with Crippen molar-refractivity contribution in [2.45, 2.75) is 32.2 Å². The van der Waals surface area contributed by atoms with E-state index in [0.717, 1.165) is 24.9 Å². The molecule has 7 heteroatoms. The van der Waals surface area contributed by atoms with Crippen LogP contribution in [0.5, 0.6) is 0 Å². The first-order chi connectivity index (χ1) is 12.1. The molecule has 0 aromatic carbocycles. The minimum atomic E-state index is 0.0637. The Labute approximate surface area is 145 Å². The first kappa shape index (κ1) is 15.7. The SMILES string of the molecule is Cc1oc(-c2ccco2)nc1CC(=O)N1CCC[C@H]1c1cnn(C)c1. The highest BCUT2D eigenvalue weighted by Crippen LogP contribution is 2.32. The van der Waals surface area contributed by atoms with Gasteiger partial charge in [-0.3, -0.25) is 9.48 Å². The number of aryl methyl sites for hydroxylation is 2. The van der Waals surface area contributed by atoms with Crippen LogP contribution in [0.3, 0.4) is 0 Å². The van der Waals surface area contributed by atoms with E-state index in [0.29, 0.717) is 23.1 Å². The Morgan fingerprint density at radius 3 is 3.04 bits per heavy atom. The molecule has 3 aromatic rings. The Bertz CT molecular complexity index is 878. The van der Waals surface area contributed by atoms with E-state index in [1.54, 1.807) is 23.1 Å². The average Bonchev–Trinajstić information content (AvgIpc) is 3.33. The average molecular weight is 340 g/mol. The third kappa shape index (κ3) is 2.97. The van der Waals surface area contributed by atoms with Crippen molar-refractivity contribution in [3.63, 3.8) is 0 Å². The zero-order valence-corrected chi connectivity index (χ0v) is 14.3. The summed E-state index contributed by atoms with van der Waals surface area (Å²) in [6.45, 7) is 2.59. The van der Waals surface area contributed by atoms with Crippen molar-refractivity contribution in [2.75, 3.05) is 6.54 Å². The van der Waals surface area contributed by atoms with Gasteiger partial charge in [0.2, 0.25) is 5.91 Å². The summed E-state index contributed by atoms with van der Waals surface area (Å²) < 4.78 is 12.7. The molecule has 0 aliphatic carbocycles. The number of amides is 1. The summed E-state index contributed by atoms with van der Waals surface area (Å²) in [4.78, 5) is 19.2. The molecule has 0 saturated carbocycles. The molecule has 4 rings (SSSR count). The summed E-state index contributed by atoms with van der Waals surface area (Å²) in [6, 6.07) is 3.66. The van der Waals surface area contributed by atoms with Crippen LogP contribution in [0.2, 0.25) is 0 Å². The fourth-order valence-electron chi connectivity index (χ4n) is 3.37. The number of rotatable bonds is 4. The Morgan fingerprint density at radius 1 is 1.44 bits per heavy atom. The number of oxazole rings is 1. The summed E-state index contributed by atoms with van der Waals surface area (Å²) >= 11 is 0. The predicted octanol–water partition coefficient (Wildman–Crippen LogP) is 2.88. The highest BCUT2D eigenvalue weighted by Gasteiger charge is 2.31. The second-order valence-corrected chi connectivity index (χ2v) is 6.37. The minimum Gasteiger partial charge on any atom is -0.459 e. The van der Waals surface area contributed by atoms with E-state index < -0.39 is 0 Å². The third-order valence-electron chi connectivity index (χ3n) is 4.63. The molecule has 1 fully saturated rings. The fourth-order valence-corrected chi connectivity index (χ4v) is 3.37. The maximum absolute atomic E-state index is 12.8. The van der Waals surface area contributed by atoms with Crippen molar-refractivity contribution >= 4 is 5.91 Å². The van der Waals surface area contributed by atoms with Gasteiger partial charge < -0.3 is 13.7 Å². The molecule has 0 N–H and O–H groups in total. The predicted molar refractivity (Wildman–Crippen MR) is 89.5 cm³/mol. The molecule has 0 bridgehead atoms. The molecule has 0 radical (unpaired) electrons. The van der Waals surface area contributed by atoms with Crippen LogP contribution < -0.4 is 0 Å². The van der Waals surface area contributed by atoms with Crippen molar-refractivity contribution in [1.29, 1.82) is 0 Å². The lowest BCUT2D eigenvalue weighted by Crippen LogP contribution is -2.32. The zero-order valence-electron chi connectivity index (χ0n) is 14.3. The summed E-state index contributed by atoms with van der Waals surface area (Å²) in [5, 5.41) is 4.23. The molecule has 1 saturated heterocycles. The van der Waals surface area contributed by atoms with Crippen LogP contribution in [-0.4, -0.2) is 32.1 Å². The largest absolute Gasteiger partial charge is 0.459 e. The smallest absolute Gasteiger partial charge is 0.263 e. The van der Waals surface area contributed by atoms with Gasteiger partial charge >= 0.3 is 0 Å². The topological polar surface area (TPSA) is 77.3 Å². The van der Waals surface area contributed by atoms with Crippen LogP contribution in [0.25, 0.3) is 11.7 Å². The fraction of sp³-hybridized carbons (Fsp3) is 0.389. The summed E-state index contributed by atoms with van der Waals surface area (Å²) in [5.74, 6) is 1.69. The maximum Gasteiger partial charge on any atom is 0.263 e. The van der Waals surface area contributed by atoms with Crippen LogP contribution in [0, 0.1) is 6.92 Å². The normalized spacial score (nSPS) is 17.4. The highest BCUT2D eigenvalue weighted by molar-refractivity contribution is 5.79. The Balaban J connectivity index is 1.52. The van der Waals surface area contributed by atoms with Gasteiger partial charge in [0.25, 0.3) is 5.89 Å². The lowest BCUT2D eigenvalue weighted by Gasteiger charge is -2.23. The van der Waals surface area contributed by atoms with Gasteiger partial charge in [-0.15, -0.1) is 0 Å². The lowest BCUT2D eigenvalue weighted by atomic mass is 10.1. The van der Waals surface area contributed by atoms with Gasteiger partial charge in [-0.1, -0.05) is 0 Å². The van der Waals surface area contributed by atoms with Gasteiger partial charge in [0.1, 0.15) is 5.76 Å². The van der Waals surface area contributed by atoms with Crippen LogP contribution in [0.4, 0.5) is 0 Å². The van der Waals surface area contributed by atoms with Gasteiger partial charge in [-0.05, 0) is 31.9 Å². The first-order valence-corrected chi connectivity index (χ1v) is 8.40. The van der Waals surface area contributed by atoms with Gasteiger partial charge in [-0.25, -0.2) is 4.98 Å². The van der Waals surface area contributed by atoms with Crippen molar-refractivity contribution in [1.82, 2.24) is 19.7 Å². The molecule has 1 aliphatic heterocycles. The van der Waals surface area contributed by atoms with E-state index in [1.165, 1.54) is 0 Å². The Hall–Kier alpha value is -2.83. The molecule has 1 aliphatic rings. The molecule has 3 aromatic heterocycles. The standard InChI is InChI=1S/C18H20N4O3/c1-12-14(20-18(25-12)16-6-4-8-24-16)9-17(23)22-7-3-5-15(22)13-10-19-21(2)11-13/h4,6,8,10-11,15H,3,5,7,9H2,1-2H3/t15-/m0/s1. The number of aromatic nitrogens is 3. The molecular formula is C18H20N4O3. The molecular weight excluding hydrogens is 320 g/mol. The Kier molecular flexibility index (Phi) is 3.91. The third-order valence-corrected chi connectivity index (χ3v) is 4.63. The first-order valence-electron chi connectivity index (χ1n) is 8.40. The number of furan rings is 1. The summed E-state index contributed by atoms with van der Waals surface area (Å²) in [7, 11) is 1.89. The van der Waals surface area contributed by atoms with E-state index in [9.17, 15) is 4.79 Å². The van der Waals surface area contributed by atoms with Gasteiger partial charge in [0.15, 0.2) is 5.76 Å². The second-order valence-electron chi connectivity index (χ2n) is 6.37. The number of hydrogen-bond donors (Lipinski definition) is 0. The quantitative estimate of drug-likeness (QED) is 0.730. The van der Waals surface area contributed by atoms with Crippen LogP contribution in [0.1, 0.15) is 35.9 Å². The van der Waals surface area contributed by atoms with Gasteiger partial charge in [0, 0.05) is 25.4 Å². The number of likely N-dealkylation sites (tertiary alicyclic amines) is 1. The number of carbonyl (C=O) groups excluding carboxylic acids is 1. The monoisotopic (exact) mass is 340 g/mol. The zero-order chi connectivity index (χ0) is 17.4. The molecule has 1 amide bonds. The molecule has 4 heterocycles. The van der Waals surface area contributed by atoms with Crippen molar-refractivity contribution in [2.24, 2.45) is 7.05 Å². The highest BCUT2D eigenvalue weighted by atomic mass is 16.4. The van der Waals surface area contributed by atoms with E-state index in [4.69, 9.17) is 8.83 Å². The second kappa shape index (κ2) is 6.23. The maximum atomic E-state index is 12.8. The van der Waals surface area contributed by atoms with Crippen molar-refractivity contribution in [3.8, 4) is 11.7 Å². The summed E-state index contributed by atoms with van der Waals surface area (Å²) in [5.41, 5.74) is 1.75.